The van der Waals surface area contributed by atoms with E-state index in [0.717, 1.165) is 19.3 Å². The molecule has 0 aromatic rings. The van der Waals surface area contributed by atoms with Crippen LogP contribution in [0.15, 0.2) is 0 Å². The van der Waals surface area contributed by atoms with Crippen molar-refractivity contribution in [1.82, 2.24) is 4.72 Å². The molecule has 0 heterocycles. The molecule has 0 saturated heterocycles. The Morgan fingerprint density at radius 2 is 1.94 bits per heavy atom. The predicted molar refractivity (Wildman–Crippen MR) is 65.1 cm³/mol. The van der Waals surface area contributed by atoms with E-state index in [-0.39, 0.29) is 12.5 Å². The van der Waals surface area contributed by atoms with E-state index in [0.29, 0.717) is 6.42 Å². The van der Waals surface area contributed by atoms with Crippen molar-refractivity contribution in [3.8, 4) is 0 Å². The van der Waals surface area contributed by atoms with Crippen LogP contribution in [-0.4, -0.2) is 31.3 Å². The van der Waals surface area contributed by atoms with Gasteiger partial charge in [-0.25, -0.2) is 13.1 Å². The third-order valence-corrected chi connectivity index (χ3v) is 5.20. The Morgan fingerprint density at radius 3 is 2.47 bits per heavy atom. The number of aliphatic carboxylic acids is 1. The summed E-state index contributed by atoms with van der Waals surface area (Å²) in [6, 6.07) is 0. The van der Waals surface area contributed by atoms with E-state index < -0.39 is 27.2 Å². The summed E-state index contributed by atoms with van der Waals surface area (Å²) in [5.41, 5.74) is 0. The summed E-state index contributed by atoms with van der Waals surface area (Å²) in [6.07, 6.45) is 3.35. The first-order valence-corrected chi connectivity index (χ1v) is 7.60. The van der Waals surface area contributed by atoms with Gasteiger partial charge >= 0.3 is 5.97 Å². The van der Waals surface area contributed by atoms with Gasteiger partial charge in [0, 0.05) is 6.54 Å². The number of sulfonamides is 1. The molecule has 2 atom stereocenters. The second-order valence-electron chi connectivity index (χ2n) is 4.93. The van der Waals surface area contributed by atoms with Crippen molar-refractivity contribution < 1.29 is 18.3 Å². The lowest BCUT2D eigenvalue weighted by atomic mass is 9.79. The van der Waals surface area contributed by atoms with E-state index in [1.54, 1.807) is 13.8 Å². The van der Waals surface area contributed by atoms with Crippen LogP contribution in [0.5, 0.6) is 0 Å². The summed E-state index contributed by atoms with van der Waals surface area (Å²) < 4.78 is 25.7. The molecule has 1 aliphatic carbocycles. The molecule has 1 aliphatic rings. The smallest absolute Gasteiger partial charge is 0.306 e. The second-order valence-corrected chi connectivity index (χ2v) is 7.25. The minimum Gasteiger partial charge on any atom is -0.481 e. The van der Waals surface area contributed by atoms with Gasteiger partial charge in [-0.3, -0.25) is 4.79 Å². The standard InChI is InChI=1S/C11H21NO4S/c1-8(2)17(15,16)12-7-9-5-3-4-6-10(9)11(13)14/h8-10,12H,3-7H2,1-2H3,(H,13,14). The summed E-state index contributed by atoms with van der Waals surface area (Å²) in [5.74, 6) is -1.29. The third-order valence-electron chi connectivity index (χ3n) is 3.39. The molecule has 1 fully saturated rings. The van der Waals surface area contributed by atoms with Crippen LogP contribution in [0.2, 0.25) is 0 Å². The fourth-order valence-corrected chi connectivity index (χ4v) is 2.95. The van der Waals surface area contributed by atoms with E-state index in [1.165, 1.54) is 0 Å². The molecule has 5 nitrogen and oxygen atoms in total. The Kier molecular flexibility index (Phi) is 4.94. The molecule has 0 bridgehead atoms. The SMILES string of the molecule is CC(C)S(=O)(=O)NCC1CCCCC1C(=O)O. The highest BCUT2D eigenvalue weighted by molar-refractivity contribution is 7.90. The number of carboxylic acids is 1. The van der Waals surface area contributed by atoms with Crippen LogP contribution in [0.25, 0.3) is 0 Å². The summed E-state index contributed by atoms with van der Waals surface area (Å²) in [5, 5.41) is 8.59. The molecule has 0 aromatic carbocycles. The molecular weight excluding hydrogens is 242 g/mol. The van der Waals surface area contributed by atoms with Crippen LogP contribution >= 0.6 is 0 Å². The maximum Gasteiger partial charge on any atom is 0.306 e. The van der Waals surface area contributed by atoms with Crippen LogP contribution in [0.4, 0.5) is 0 Å². The van der Waals surface area contributed by atoms with Crippen molar-refractivity contribution in [2.75, 3.05) is 6.54 Å². The van der Waals surface area contributed by atoms with Crippen molar-refractivity contribution in [1.29, 1.82) is 0 Å². The molecule has 2 N–H and O–H groups in total. The zero-order chi connectivity index (χ0) is 13.1. The average molecular weight is 263 g/mol. The van der Waals surface area contributed by atoms with Gasteiger partial charge in [-0.05, 0) is 32.6 Å². The molecule has 2 unspecified atom stereocenters. The van der Waals surface area contributed by atoms with Gasteiger partial charge in [0.1, 0.15) is 0 Å². The van der Waals surface area contributed by atoms with Crippen LogP contribution in [0, 0.1) is 11.8 Å². The topological polar surface area (TPSA) is 83.5 Å². The number of nitrogens with one attached hydrogen (secondary N) is 1. The summed E-state index contributed by atoms with van der Waals surface area (Å²) in [4.78, 5) is 11.0. The number of carboxylic acid groups (broad SMARTS) is 1. The molecule has 6 heteroatoms. The minimum atomic E-state index is -3.29. The highest BCUT2D eigenvalue weighted by Crippen LogP contribution is 2.29. The van der Waals surface area contributed by atoms with Gasteiger partial charge in [0.15, 0.2) is 0 Å². The predicted octanol–water partition coefficient (Wildman–Crippen LogP) is 1.21. The summed E-state index contributed by atoms with van der Waals surface area (Å²) in [6.45, 7) is 3.47. The molecule has 0 radical (unpaired) electrons. The van der Waals surface area contributed by atoms with E-state index in [1.807, 2.05) is 0 Å². The van der Waals surface area contributed by atoms with Gasteiger partial charge in [-0.1, -0.05) is 12.8 Å². The zero-order valence-electron chi connectivity index (χ0n) is 10.3. The Balaban J connectivity index is 2.58. The number of rotatable bonds is 5. The average Bonchev–Trinajstić information content (AvgIpc) is 2.26. The van der Waals surface area contributed by atoms with Crippen LogP contribution < -0.4 is 4.72 Å². The Bertz CT molecular complexity index is 364. The Labute approximate surface area is 103 Å². The van der Waals surface area contributed by atoms with Crippen LogP contribution in [0.1, 0.15) is 39.5 Å². The van der Waals surface area contributed by atoms with E-state index >= 15 is 0 Å². The van der Waals surface area contributed by atoms with Gasteiger partial charge < -0.3 is 5.11 Å². The number of hydrogen-bond acceptors (Lipinski definition) is 3. The maximum absolute atomic E-state index is 11.6. The lowest BCUT2D eigenvalue weighted by Gasteiger charge is -2.28. The van der Waals surface area contributed by atoms with Gasteiger partial charge in [-0.15, -0.1) is 0 Å². The Hall–Kier alpha value is -0.620. The van der Waals surface area contributed by atoms with Crippen molar-refractivity contribution in [2.24, 2.45) is 11.8 Å². The zero-order valence-corrected chi connectivity index (χ0v) is 11.2. The molecule has 0 spiro atoms. The Morgan fingerprint density at radius 1 is 1.35 bits per heavy atom. The van der Waals surface area contributed by atoms with Crippen molar-refractivity contribution in [3.63, 3.8) is 0 Å². The molecule has 1 rings (SSSR count). The van der Waals surface area contributed by atoms with Gasteiger partial charge in [0.2, 0.25) is 10.0 Å². The molecule has 0 amide bonds. The van der Waals surface area contributed by atoms with Gasteiger partial charge in [-0.2, -0.15) is 0 Å². The molecule has 100 valence electrons. The molecule has 0 aromatic heterocycles. The largest absolute Gasteiger partial charge is 0.481 e. The third kappa shape index (κ3) is 3.96. The highest BCUT2D eigenvalue weighted by Gasteiger charge is 2.31. The first kappa shape index (κ1) is 14.4. The first-order valence-electron chi connectivity index (χ1n) is 6.06. The van der Waals surface area contributed by atoms with E-state index in [2.05, 4.69) is 4.72 Å². The normalized spacial score (nSPS) is 26.1. The summed E-state index contributed by atoms with van der Waals surface area (Å²) in [7, 11) is -3.29. The minimum absolute atomic E-state index is 0.0743. The molecular formula is C11H21NO4S. The molecule has 0 aliphatic heterocycles. The molecule has 1 saturated carbocycles. The highest BCUT2D eigenvalue weighted by atomic mass is 32.2. The molecule has 17 heavy (non-hydrogen) atoms. The monoisotopic (exact) mass is 263 g/mol. The quantitative estimate of drug-likeness (QED) is 0.781. The van der Waals surface area contributed by atoms with Crippen molar-refractivity contribution in [2.45, 2.75) is 44.8 Å². The van der Waals surface area contributed by atoms with Crippen molar-refractivity contribution >= 4 is 16.0 Å². The van der Waals surface area contributed by atoms with Gasteiger partial charge in [0.05, 0.1) is 11.2 Å². The van der Waals surface area contributed by atoms with Crippen LogP contribution in [-0.2, 0) is 14.8 Å². The van der Waals surface area contributed by atoms with Gasteiger partial charge in [0.25, 0.3) is 0 Å². The van der Waals surface area contributed by atoms with E-state index in [4.69, 9.17) is 5.11 Å². The summed E-state index contributed by atoms with van der Waals surface area (Å²) >= 11 is 0. The van der Waals surface area contributed by atoms with Crippen LogP contribution in [0.3, 0.4) is 0 Å². The maximum atomic E-state index is 11.6. The number of carbonyl (C=O) groups is 1. The lowest BCUT2D eigenvalue weighted by molar-refractivity contribution is -0.144. The first-order chi connectivity index (χ1) is 7.84. The number of hydrogen-bond donors (Lipinski definition) is 2. The second kappa shape index (κ2) is 5.82. The lowest BCUT2D eigenvalue weighted by Crippen LogP contribution is -2.39. The van der Waals surface area contributed by atoms with Crippen molar-refractivity contribution in [3.05, 3.63) is 0 Å². The fraction of sp³-hybridized carbons (Fsp3) is 0.909. The fourth-order valence-electron chi connectivity index (χ4n) is 2.17. The van der Waals surface area contributed by atoms with E-state index in [9.17, 15) is 13.2 Å².